The molecule has 0 saturated carbocycles. The molecule has 24 heavy (non-hydrogen) atoms. The average molecular weight is 346 g/mol. The second-order valence-corrected chi connectivity index (χ2v) is 5.92. The molecule has 0 spiro atoms. The number of hydrogen-bond donors (Lipinski definition) is 2. The van der Waals surface area contributed by atoms with Gasteiger partial charge in [-0.1, -0.05) is 0 Å². The summed E-state index contributed by atoms with van der Waals surface area (Å²) in [5.41, 5.74) is 2.62. The maximum atomic E-state index is 12.3. The van der Waals surface area contributed by atoms with E-state index in [0.717, 1.165) is 21.6 Å². The predicted molar refractivity (Wildman–Crippen MR) is 86.9 cm³/mol. The number of aliphatic carboxylic acids is 1. The molecule has 0 aliphatic carbocycles. The number of carbonyl (C=O) groups is 2. The van der Waals surface area contributed by atoms with Gasteiger partial charge in [0.25, 0.3) is 5.91 Å². The van der Waals surface area contributed by atoms with Gasteiger partial charge >= 0.3 is 5.97 Å². The van der Waals surface area contributed by atoms with Crippen LogP contribution in [0.3, 0.4) is 0 Å². The third-order valence-electron chi connectivity index (χ3n) is 3.25. The molecule has 3 aromatic rings. The molecule has 124 valence electrons. The summed E-state index contributed by atoms with van der Waals surface area (Å²) in [5.74, 6) is -1.53. The number of rotatable bonds is 5. The van der Waals surface area contributed by atoms with Crippen LogP contribution in [0.1, 0.15) is 16.2 Å². The number of nitrogens with one attached hydrogen (secondary N) is 1. The molecule has 0 aliphatic heterocycles. The molecule has 0 radical (unpaired) electrons. The number of amides is 1. The third kappa shape index (κ3) is 3.18. The number of carboxylic acid groups (broad SMARTS) is 1. The molecule has 10 heteroatoms. The molecule has 9 nitrogen and oxygen atoms in total. The van der Waals surface area contributed by atoms with Crippen molar-refractivity contribution in [2.45, 2.75) is 13.5 Å². The number of aryl methyl sites for hydroxylation is 2. The molecule has 0 aromatic carbocycles. The molecule has 0 bridgehead atoms. The van der Waals surface area contributed by atoms with Crippen molar-refractivity contribution in [3.8, 4) is 11.3 Å². The first-order valence-electron chi connectivity index (χ1n) is 6.95. The van der Waals surface area contributed by atoms with E-state index >= 15 is 0 Å². The lowest BCUT2D eigenvalue weighted by molar-refractivity contribution is -0.137. The first-order valence-corrected chi connectivity index (χ1v) is 7.83. The van der Waals surface area contributed by atoms with E-state index in [0.29, 0.717) is 5.13 Å². The summed E-state index contributed by atoms with van der Waals surface area (Å²) in [6.07, 6.45) is 3.24. The number of nitrogens with zero attached hydrogens (tertiary/aromatic N) is 5. The van der Waals surface area contributed by atoms with Gasteiger partial charge in [0, 0.05) is 30.4 Å². The van der Waals surface area contributed by atoms with Crippen LogP contribution in [0.25, 0.3) is 11.3 Å². The Balaban J connectivity index is 1.78. The summed E-state index contributed by atoms with van der Waals surface area (Å²) in [4.78, 5) is 27.4. The van der Waals surface area contributed by atoms with E-state index in [2.05, 4.69) is 20.5 Å². The lowest BCUT2D eigenvalue weighted by Gasteiger charge is -2.04. The van der Waals surface area contributed by atoms with Crippen molar-refractivity contribution in [3.63, 3.8) is 0 Å². The number of thiazole rings is 1. The fourth-order valence-electron chi connectivity index (χ4n) is 2.25. The van der Waals surface area contributed by atoms with Crippen LogP contribution in [-0.2, 0) is 18.4 Å². The molecule has 3 aromatic heterocycles. The Hall–Kier alpha value is -3.01. The lowest BCUT2D eigenvalue weighted by Crippen LogP contribution is -2.20. The van der Waals surface area contributed by atoms with Gasteiger partial charge in [-0.25, -0.2) is 9.67 Å². The molecular formula is C14H14N6O3S. The smallest absolute Gasteiger partial charge is 0.325 e. The highest BCUT2D eigenvalue weighted by Crippen LogP contribution is 2.27. The van der Waals surface area contributed by atoms with Crippen molar-refractivity contribution in [1.82, 2.24) is 24.5 Å². The van der Waals surface area contributed by atoms with Gasteiger partial charge in [0.1, 0.15) is 12.2 Å². The molecule has 0 unspecified atom stereocenters. The quantitative estimate of drug-likeness (QED) is 0.721. The van der Waals surface area contributed by atoms with Gasteiger partial charge in [0.15, 0.2) is 5.13 Å². The van der Waals surface area contributed by atoms with Crippen LogP contribution >= 0.6 is 11.3 Å². The van der Waals surface area contributed by atoms with Gasteiger partial charge in [0.05, 0.1) is 11.4 Å². The van der Waals surface area contributed by atoms with Gasteiger partial charge in [-0.3, -0.25) is 19.6 Å². The fraction of sp³-hybridized carbons (Fsp3) is 0.214. The Labute approximate surface area is 140 Å². The number of hydrogen-bond acceptors (Lipinski definition) is 6. The average Bonchev–Trinajstić information content (AvgIpc) is 3.19. The SMILES string of the molecule is Cc1nn(C)cc1-c1csc(NC(=O)c2ccnn2CC(=O)O)n1. The van der Waals surface area contributed by atoms with Crippen LogP contribution in [0.4, 0.5) is 5.13 Å². The number of aromatic nitrogens is 5. The van der Waals surface area contributed by atoms with Crippen molar-refractivity contribution in [2.24, 2.45) is 7.05 Å². The van der Waals surface area contributed by atoms with Crippen LogP contribution in [0.2, 0.25) is 0 Å². The largest absolute Gasteiger partial charge is 0.480 e. The van der Waals surface area contributed by atoms with E-state index in [-0.39, 0.29) is 12.2 Å². The second-order valence-electron chi connectivity index (χ2n) is 5.06. The predicted octanol–water partition coefficient (Wildman–Crippen LogP) is 1.39. The summed E-state index contributed by atoms with van der Waals surface area (Å²) in [6, 6.07) is 1.46. The van der Waals surface area contributed by atoms with Gasteiger partial charge in [0.2, 0.25) is 0 Å². The first kappa shape index (κ1) is 15.9. The first-order chi connectivity index (χ1) is 11.4. The highest BCUT2D eigenvalue weighted by atomic mass is 32.1. The highest BCUT2D eigenvalue weighted by molar-refractivity contribution is 7.14. The molecule has 0 atom stereocenters. The molecule has 3 heterocycles. The summed E-state index contributed by atoms with van der Waals surface area (Å²) >= 11 is 1.28. The van der Waals surface area contributed by atoms with E-state index in [9.17, 15) is 9.59 Å². The maximum Gasteiger partial charge on any atom is 0.325 e. The van der Waals surface area contributed by atoms with Gasteiger partial charge in [-0.05, 0) is 13.0 Å². The number of carboxylic acids is 1. The molecule has 3 rings (SSSR count). The Bertz CT molecular complexity index is 909. The lowest BCUT2D eigenvalue weighted by atomic mass is 10.2. The van der Waals surface area contributed by atoms with E-state index in [1.807, 2.05) is 25.5 Å². The van der Waals surface area contributed by atoms with Crippen LogP contribution in [0, 0.1) is 6.92 Å². The third-order valence-corrected chi connectivity index (χ3v) is 4.01. The van der Waals surface area contributed by atoms with Crippen molar-refractivity contribution < 1.29 is 14.7 Å². The molecule has 0 aliphatic rings. The minimum absolute atomic E-state index is 0.159. The number of anilines is 1. The van der Waals surface area contributed by atoms with Crippen molar-refractivity contribution in [3.05, 3.63) is 35.2 Å². The van der Waals surface area contributed by atoms with Crippen LogP contribution < -0.4 is 5.32 Å². The second kappa shape index (κ2) is 6.24. The zero-order chi connectivity index (χ0) is 17.3. The van der Waals surface area contributed by atoms with E-state index in [1.165, 1.54) is 23.6 Å². The zero-order valence-electron chi connectivity index (χ0n) is 12.9. The molecule has 0 fully saturated rings. The minimum atomic E-state index is -1.07. The van der Waals surface area contributed by atoms with Gasteiger partial charge in [-0.15, -0.1) is 11.3 Å². The fourth-order valence-corrected chi connectivity index (χ4v) is 2.95. The Kier molecular flexibility index (Phi) is 4.13. The summed E-state index contributed by atoms with van der Waals surface area (Å²) in [7, 11) is 1.83. The van der Waals surface area contributed by atoms with Crippen molar-refractivity contribution in [2.75, 3.05) is 5.32 Å². The van der Waals surface area contributed by atoms with E-state index in [4.69, 9.17) is 5.11 Å². The summed E-state index contributed by atoms with van der Waals surface area (Å²) < 4.78 is 2.82. The standard InChI is InChI=1S/C14H14N6O3S/c1-8-9(5-19(2)18-8)10-7-24-14(16-10)17-13(23)11-3-4-15-20(11)6-12(21)22/h3-5,7H,6H2,1-2H3,(H,21,22)(H,16,17,23). The maximum absolute atomic E-state index is 12.3. The Morgan fingerprint density at radius 3 is 2.88 bits per heavy atom. The molecule has 0 saturated heterocycles. The van der Waals surface area contributed by atoms with Gasteiger partial charge in [-0.2, -0.15) is 10.2 Å². The van der Waals surface area contributed by atoms with Crippen molar-refractivity contribution in [1.29, 1.82) is 0 Å². The Morgan fingerprint density at radius 1 is 1.42 bits per heavy atom. The number of carbonyl (C=O) groups excluding carboxylic acids is 1. The summed E-state index contributed by atoms with van der Waals surface area (Å²) in [6.45, 7) is 1.51. The van der Waals surface area contributed by atoms with E-state index < -0.39 is 11.9 Å². The molecule has 1 amide bonds. The van der Waals surface area contributed by atoms with Crippen LogP contribution in [0.5, 0.6) is 0 Å². The van der Waals surface area contributed by atoms with Crippen molar-refractivity contribution >= 4 is 28.3 Å². The van der Waals surface area contributed by atoms with Crippen LogP contribution in [0.15, 0.2) is 23.8 Å². The monoisotopic (exact) mass is 346 g/mol. The zero-order valence-corrected chi connectivity index (χ0v) is 13.7. The van der Waals surface area contributed by atoms with Gasteiger partial charge < -0.3 is 5.11 Å². The topological polar surface area (TPSA) is 115 Å². The normalized spacial score (nSPS) is 10.8. The summed E-state index contributed by atoms with van der Waals surface area (Å²) in [5, 5.41) is 21.8. The van der Waals surface area contributed by atoms with E-state index in [1.54, 1.807) is 4.68 Å². The molecule has 2 N–H and O–H groups in total. The van der Waals surface area contributed by atoms with Crippen LogP contribution in [-0.4, -0.2) is 41.5 Å². The Morgan fingerprint density at radius 2 is 2.21 bits per heavy atom. The highest BCUT2D eigenvalue weighted by Gasteiger charge is 2.16. The molecular weight excluding hydrogens is 332 g/mol. The minimum Gasteiger partial charge on any atom is -0.480 e.